The molecule has 0 aromatic heterocycles. The standard InChI is InChI=1S/C14H21N/c1-11-5-4-6-12(9-11)10-13-7-2-3-8-14(13)15/h4-6,9,13-14H,2-3,7-8,10,15H2,1H3. The van der Waals surface area contributed by atoms with Crippen LogP contribution < -0.4 is 5.73 Å². The summed E-state index contributed by atoms with van der Waals surface area (Å²) in [5.74, 6) is 0.709. The summed E-state index contributed by atoms with van der Waals surface area (Å²) in [7, 11) is 0. The molecule has 0 saturated heterocycles. The molecule has 0 amide bonds. The second-order valence-electron chi connectivity index (χ2n) is 4.90. The van der Waals surface area contributed by atoms with Crippen molar-refractivity contribution in [2.75, 3.05) is 0 Å². The number of rotatable bonds is 2. The molecule has 1 nitrogen and oxygen atoms in total. The van der Waals surface area contributed by atoms with Crippen LogP contribution in [0, 0.1) is 12.8 Å². The van der Waals surface area contributed by atoms with Gasteiger partial charge in [-0.3, -0.25) is 0 Å². The van der Waals surface area contributed by atoms with Gasteiger partial charge >= 0.3 is 0 Å². The van der Waals surface area contributed by atoms with Gasteiger partial charge in [0.1, 0.15) is 0 Å². The van der Waals surface area contributed by atoms with Gasteiger partial charge in [0.2, 0.25) is 0 Å². The van der Waals surface area contributed by atoms with Crippen LogP contribution in [0.4, 0.5) is 0 Å². The molecule has 0 spiro atoms. The first-order valence-corrected chi connectivity index (χ1v) is 6.07. The molecular formula is C14H21N. The van der Waals surface area contributed by atoms with Gasteiger partial charge in [-0.2, -0.15) is 0 Å². The zero-order chi connectivity index (χ0) is 10.7. The molecule has 1 aliphatic rings. The van der Waals surface area contributed by atoms with Gasteiger partial charge in [0.05, 0.1) is 0 Å². The van der Waals surface area contributed by atoms with E-state index in [1.807, 2.05) is 0 Å². The molecule has 0 heterocycles. The Morgan fingerprint density at radius 1 is 1.27 bits per heavy atom. The highest BCUT2D eigenvalue weighted by atomic mass is 14.7. The largest absolute Gasteiger partial charge is 0.327 e. The molecule has 2 N–H and O–H groups in total. The first-order valence-electron chi connectivity index (χ1n) is 6.07. The van der Waals surface area contributed by atoms with Crippen molar-refractivity contribution in [1.29, 1.82) is 0 Å². The van der Waals surface area contributed by atoms with Crippen molar-refractivity contribution in [2.45, 2.75) is 45.1 Å². The molecule has 1 aromatic carbocycles. The van der Waals surface area contributed by atoms with Gasteiger partial charge in [0.25, 0.3) is 0 Å². The van der Waals surface area contributed by atoms with E-state index in [0.717, 1.165) is 0 Å². The van der Waals surface area contributed by atoms with Crippen molar-refractivity contribution in [1.82, 2.24) is 0 Å². The molecule has 2 atom stereocenters. The van der Waals surface area contributed by atoms with Crippen molar-refractivity contribution in [2.24, 2.45) is 11.7 Å². The van der Waals surface area contributed by atoms with E-state index >= 15 is 0 Å². The topological polar surface area (TPSA) is 26.0 Å². The molecule has 0 radical (unpaired) electrons. The molecule has 82 valence electrons. The summed E-state index contributed by atoms with van der Waals surface area (Å²) < 4.78 is 0. The first kappa shape index (κ1) is 10.7. The van der Waals surface area contributed by atoms with Crippen molar-refractivity contribution >= 4 is 0 Å². The van der Waals surface area contributed by atoms with E-state index in [1.165, 1.54) is 43.2 Å². The van der Waals surface area contributed by atoms with Crippen molar-refractivity contribution < 1.29 is 0 Å². The predicted octanol–water partition coefficient (Wildman–Crippen LogP) is 3.06. The lowest BCUT2D eigenvalue weighted by atomic mass is 9.81. The molecule has 0 bridgehead atoms. The van der Waals surface area contributed by atoms with E-state index < -0.39 is 0 Å². The maximum absolute atomic E-state index is 6.16. The van der Waals surface area contributed by atoms with Gasteiger partial charge in [-0.05, 0) is 37.7 Å². The number of benzene rings is 1. The lowest BCUT2D eigenvalue weighted by molar-refractivity contribution is 0.306. The Balaban J connectivity index is 2.01. The van der Waals surface area contributed by atoms with Crippen LogP contribution in [0.15, 0.2) is 24.3 Å². The molecule has 2 unspecified atom stereocenters. The average Bonchev–Trinajstić information content (AvgIpc) is 2.22. The van der Waals surface area contributed by atoms with Crippen LogP contribution in [0.25, 0.3) is 0 Å². The van der Waals surface area contributed by atoms with E-state index in [-0.39, 0.29) is 0 Å². The van der Waals surface area contributed by atoms with Crippen LogP contribution in [0.2, 0.25) is 0 Å². The van der Waals surface area contributed by atoms with Crippen LogP contribution in [0.1, 0.15) is 36.8 Å². The van der Waals surface area contributed by atoms with E-state index in [0.29, 0.717) is 12.0 Å². The fourth-order valence-electron chi connectivity index (χ4n) is 2.63. The van der Waals surface area contributed by atoms with Crippen LogP contribution in [-0.4, -0.2) is 6.04 Å². The molecule has 2 rings (SSSR count). The third-order valence-corrected chi connectivity index (χ3v) is 3.55. The van der Waals surface area contributed by atoms with E-state index in [9.17, 15) is 0 Å². The minimum Gasteiger partial charge on any atom is -0.327 e. The maximum Gasteiger partial charge on any atom is 0.00703 e. The van der Waals surface area contributed by atoms with Crippen molar-refractivity contribution in [3.8, 4) is 0 Å². The highest BCUT2D eigenvalue weighted by Crippen LogP contribution is 2.26. The maximum atomic E-state index is 6.16. The van der Waals surface area contributed by atoms with E-state index in [2.05, 4.69) is 31.2 Å². The molecular weight excluding hydrogens is 182 g/mol. The molecule has 0 aliphatic heterocycles. The van der Waals surface area contributed by atoms with Crippen LogP contribution in [0.3, 0.4) is 0 Å². The Labute approximate surface area is 92.7 Å². The average molecular weight is 203 g/mol. The Morgan fingerprint density at radius 2 is 2.07 bits per heavy atom. The van der Waals surface area contributed by atoms with Crippen LogP contribution in [0.5, 0.6) is 0 Å². The van der Waals surface area contributed by atoms with Crippen LogP contribution in [-0.2, 0) is 6.42 Å². The number of hydrogen-bond donors (Lipinski definition) is 1. The molecule has 15 heavy (non-hydrogen) atoms. The van der Waals surface area contributed by atoms with E-state index in [4.69, 9.17) is 5.73 Å². The zero-order valence-electron chi connectivity index (χ0n) is 9.58. The third-order valence-electron chi connectivity index (χ3n) is 3.55. The Kier molecular flexibility index (Phi) is 3.42. The normalized spacial score (nSPS) is 26.5. The summed E-state index contributed by atoms with van der Waals surface area (Å²) in [5.41, 5.74) is 8.98. The molecule has 1 aliphatic carbocycles. The van der Waals surface area contributed by atoms with Gasteiger partial charge < -0.3 is 5.73 Å². The monoisotopic (exact) mass is 203 g/mol. The molecule has 1 heteroatoms. The Bertz CT molecular complexity index is 319. The number of nitrogens with two attached hydrogens (primary N) is 1. The second kappa shape index (κ2) is 4.80. The Hall–Kier alpha value is -0.820. The zero-order valence-corrected chi connectivity index (χ0v) is 9.58. The van der Waals surface area contributed by atoms with Gasteiger partial charge in [-0.15, -0.1) is 0 Å². The summed E-state index contributed by atoms with van der Waals surface area (Å²) in [4.78, 5) is 0. The van der Waals surface area contributed by atoms with Crippen molar-refractivity contribution in [3.05, 3.63) is 35.4 Å². The Morgan fingerprint density at radius 3 is 2.80 bits per heavy atom. The molecule has 1 saturated carbocycles. The summed E-state index contributed by atoms with van der Waals surface area (Å²) in [6.07, 6.45) is 6.39. The fourth-order valence-corrected chi connectivity index (χ4v) is 2.63. The van der Waals surface area contributed by atoms with E-state index in [1.54, 1.807) is 0 Å². The highest BCUT2D eigenvalue weighted by molar-refractivity contribution is 5.22. The van der Waals surface area contributed by atoms with Gasteiger partial charge in [-0.25, -0.2) is 0 Å². The third kappa shape index (κ3) is 2.82. The molecule has 1 fully saturated rings. The van der Waals surface area contributed by atoms with Gasteiger partial charge in [0.15, 0.2) is 0 Å². The van der Waals surface area contributed by atoms with Crippen molar-refractivity contribution in [3.63, 3.8) is 0 Å². The number of aryl methyl sites for hydroxylation is 1. The minimum atomic E-state index is 0.430. The quantitative estimate of drug-likeness (QED) is 0.785. The SMILES string of the molecule is Cc1cccc(CC2CCCCC2N)c1. The molecule has 1 aromatic rings. The van der Waals surface area contributed by atoms with Gasteiger partial charge in [0, 0.05) is 6.04 Å². The van der Waals surface area contributed by atoms with Crippen LogP contribution >= 0.6 is 0 Å². The summed E-state index contributed by atoms with van der Waals surface area (Å²) in [6, 6.07) is 9.26. The highest BCUT2D eigenvalue weighted by Gasteiger charge is 2.21. The predicted molar refractivity (Wildman–Crippen MR) is 64.8 cm³/mol. The summed E-state index contributed by atoms with van der Waals surface area (Å²) in [6.45, 7) is 2.16. The van der Waals surface area contributed by atoms with Gasteiger partial charge in [-0.1, -0.05) is 42.7 Å². The summed E-state index contributed by atoms with van der Waals surface area (Å²) in [5, 5.41) is 0. The smallest absolute Gasteiger partial charge is 0.00703 e. The second-order valence-corrected chi connectivity index (χ2v) is 4.90. The summed E-state index contributed by atoms with van der Waals surface area (Å²) >= 11 is 0. The first-order chi connectivity index (χ1) is 7.25. The lowest BCUT2D eigenvalue weighted by Gasteiger charge is -2.28. The number of hydrogen-bond acceptors (Lipinski definition) is 1. The lowest BCUT2D eigenvalue weighted by Crippen LogP contribution is -2.34. The minimum absolute atomic E-state index is 0.430. The fraction of sp³-hybridized carbons (Fsp3) is 0.571.